The van der Waals surface area contributed by atoms with Gasteiger partial charge in [0.05, 0.1) is 0 Å². The first-order valence-corrected chi connectivity index (χ1v) is 2.19. The van der Waals surface area contributed by atoms with E-state index in [1.807, 2.05) is 0 Å². The van der Waals surface area contributed by atoms with E-state index >= 15 is 0 Å². The number of hydrogen-bond acceptors (Lipinski definition) is 4. The van der Waals surface area contributed by atoms with E-state index in [0.29, 0.717) is 0 Å². The van der Waals surface area contributed by atoms with Gasteiger partial charge in [0, 0.05) is 0 Å². The Morgan fingerprint density at radius 2 is 0.700 bits per heavy atom. The van der Waals surface area contributed by atoms with Gasteiger partial charge in [0.25, 0.3) is 0 Å². The molecule has 68 valence electrons. The van der Waals surface area contributed by atoms with E-state index in [1.54, 1.807) is 0 Å². The van der Waals surface area contributed by atoms with E-state index in [1.165, 1.54) is 13.8 Å². The Morgan fingerprint density at radius 1 is 0.700 bits per heavy atom. The SMILES string of the molecule is CC(O)O.CC(O)O.Cl.Cl. The number of aliphatic hydroxyl groups excluding tert-OH is 2. The molecule has 0 aliphatic heterocycles. The van der Waals surface area contributed by atoms with Crippen molar-refractivity contribution in [3.05, 3.63) is 0 Å². The maximum atomic E-state index is 7.61. The molecule has 0 aliphatic carbocycles. The van der Waals surface area contributed by atoms with Crippen LogP contribution in [0.3, 0.4) is 0 Å². The highest BCUT2D eigenvalue weighted by Gasteiger charge is 1.70. The molecule has 0 aliphatic rings. The highest BCUT2D eigenvalue weighted by atomic mass is 35.5. The quantitative estimate of drug-likeness (QED) is 0.394. The summed E-state index contributed by atoms with van der Waals surface area (Å²) in [5, 5.41) is 30.4. The fourth-order valence-corrected chi connectivity index (χ4v) is 0. The predicted molar refractivity (Wildman–Crippen MR) is 42.3 cm³/mol. The molecule has 0 aromatic carbocycles. The molecule has 0 radical (unpaired) electrons. The molecule has 0 aromatic heterocycles. The maximum Gasteiger partial charge on any atom is 0.148 e. The summed E-state index contributed by atoms with van der Waals surface area (Å²) < 4.78 is 0. The van der Waals surface area contributed by atoms with Gasteiger partial charge < -0.3 is 20.4 Å². The topological polar surface area (TPSA) is 80.9 Å². The smallest absolute Gasteiger partial charge is 0.148 e. The van der Waals surface area contributed by atoms with Gasteiger partial charge in [0.1, 0.15) is 12.6 Å². The first-order valence-electron chi connectivity index (χ1n) is 2.19. The lowest BCUT2D eigenvalue weighted by atomic mass is 10.8. The molecule has 0 rings (SSSR count). The Balaban J connectivity index is -0.0000000300. The lowest BCUT2D eigenvalue weighted by Crippen LogP contribution is -1.92. The summed E-state index contributed by atoms with van der Waals surface area (Å²) in [5.41, 5.74) is 0. The average Bonchev–Trinajstić information content (AvgIpc) is 1.25. The molecule has 0 bridgehead atoms. The van der Waals surface area contributed by atoms with Gasteiger partial charge in [-0.1, -0.05) is 0 Å². The van der Waals surface area contributed by atoms with Crippen LogP contribution in [0, 0.1) is 0 Å². The van der Waals surface area contributed by atoms with Crippen LogP contribution in [0.5, 0.6) is 0 Å². The summed E-state index contributed by atoms with van der Waals surface area (Å²) in [4.78, 5) is 0. The van der Waals surface area contributed by atoms with Crippen molar-refractivity contribution >= 4 is 24.8 Å². The Labute approximate surface area is 72.3 Å². The molecule has 0 saturated heterocycles. The average molecular weight is 197 g/mol. The Hall–Kier alpha value is 0.420. The van der Waals surface area contributed by atoms with Gasteiger partial charge in [0.2, 0.25) is 0 Å². The van der Waals surface area contributed by atoms with Crippen LogP contribution >= 0.6 is 24.8 Å². The van der Waals surface area contributed by atoms with Crippen molar-refractivity contribution < 1.29 is 20.4 Å². The van der Waals surface area contributed by atoms with E-state index in [-0.39, 0.29) is 24.8 Å². The third-order valence-electron chi connectivity index (χ3n) is 0. The summed E-state index contributed by atoms with van der Waals surface area (Å²) in [6, 6.07) is 0. The molecule has 0 aromatic rings. The van der Waals surface area contributed by atoms with E-state index in [0.717, 1.165) is 0 Å². The molecule has 4 N–H and O–H groups in total. The van der Waals surface area contributed by atoms with Gasteiger partial charge >= 0.3 is 0 Å². The zero-order valence-corrected chi connectivity index (χ0v) is 7.39. The van der Waals surface area contributed by atoms with Crippen LogP contribution < -0.4 is 0 Å². The first-order chi connectivity index (χ1) is 3.46. The van der Waals surface area contributed by atoms with Crippen molar-refractivity contribution in [2.75, 3.05) is 0 Å². The fourth-order valence-electron chi connectivity index (χ4n) is 0. The highest BCUT2D eigenvalue weighted by Crippen LogP contribution is 1.58. The normalized spacial score (nSPS) is 7.20. The summed E-state index contributed by atoms with van der Waals surface area (Å²) >= 11 is 0. The van der Waals surface area contributed by atoms with Crippen molar-refractivity contribution in [1.82, 2.24) is 0 Å². The summed E-state index contributed by atoms with van der Waals surface area (Å²) in [6.07, 6.45) is -2.33. The van der Waals surface area contributed by atoms with Gasteiger partial charge in [-0.2, -0.15) is 0 Å². The van der Waals surface area contributed by atoms with Crippen LogP contribution in [0.1, 0.15) is 13.8 Å². The molecule has 0 spiro atoms. The summed E-state index contributed by atoms with van der Waals surface area (Å²) in [6.45, 7) is 2.56. The zero-order valence-electron chi connectivity index (χ0n) is 5.76. The number of hydrogen-bond donors (Lipinski definition) is 4. The summed E-state index contributed by atoms with van der Waals surface area (Å²) in [7, 11) is 0. The van der Waals surface area contributed by atoms with Gasteiger partial charge in [0.15, 0.2) is 0 Å². The van der Waals surface area contributed by atoms with Crippen LogP contribution in [0.4, 0.5) is 0 Å². The molecule has 0 fully saturated rings. The third-order valence-corrected chi connectivity index (χ3v) is 0. The van der Waals surface area contributed by atoms with Crippen LogP contribution in [0.15, 0.2) is 0 Å². The van der Waals surface area contributed by atoms with Gasteiger partial charge in [-0.3, -0.25) is 0 Å². The van der Waals surface area contributed by atoms with Crippen LogP contribution in [0.25, 0.3) is 0 Å². The van der Waals surface area contributed by atoms with Crippen molar-refractivity contribution in [3.63, 3.8) is 0 Å². The largest absolute Gasteiger partial charge is 0.368 e. The van der Waals surface area contributed by atoms with Crippen molar-refractivity contribution in [2.45, 2.75) is 26.4 Å². The first kappa shape index (κ1) is 22.4. The Bertz CT molecular complexity index is 30.7. The lowest BCUT2D eigenvalue weighted by molar-refractivity contribution is -0.0235. The third kappa shape index (κ3) is 2630. The minimum absolute atomic E-state index is 0. The monoisotopic (exact) mass is 196 g/mol. The van der Waals surface area contributed by atoms with E-state index < -0.39 is 12.6 Å². The lowest BCUT2D eigenvalue weighted by Gasteiger charge is -1.80. The second-order valence-electron chi connectivity index (χ2n) is 1.26. The molecular formula is C4H14Cl2O4. The van der Waals surface area contributed by atoms with E-state index in [2.05, 4.69) is 0 Å². The number of halogens is 2. The van der Waals surface area contributed by atoms with Crippen molar-refractivity contribution in [3.8, 4) is 0 Å². The minimum Gasteiger partial charge on any atom is -0.368 e. The highest BCUT2D eigenvalue weighted by molar-refractivity contribution is 5.85. The molecule has 4 nitrogen and oxygen atoms in total. The number of aliphatic hydroxyl groups is 4. The van der Waals surface area contributed by atoms with Crippen LogP contribution in [-0.2, 0) is 0 Å². The second-order valence-corrected chi connectivity index (χ2v) is 1.26. The van der Waals surface area contributed by atoms with Crippen LogP contribution in [0.2, 0.25) is 0 Å². The molecular weight excluding hydrogens is 183 g/mol. The van der Waals surface area contributed by atoms with Gasteiger partial charge in [-0.15, -0.1) is 24.8 Å². The predicted octanol–water partition coefficient (Wildman–Crippen LogP) is -0.522. The van der Waals surface area contributed by atoms with Crippen LogP contribution in [-0.4, -0.2) is 33.0 Å². The zero-order chi connectivity index (χ0) is 7.15. The molecule has 0 atom stereocenters. The van der Waals surface area contributed by atoms with Gasteiger partial charge in [-0.25, -0.2) is 0 Å². The fraction of sp³-hybridized carbons (Fsp3) is 1.00. The maximum absolute atomic E-state index is 7.61. The molecule has 6 heteroatoms. The molecule has 0 amide bonds. The molecule has 10 heavy (non-hydrogen) atoms. The van der Waals surface area contributed by atoms with E-state index in [4.69, 9.17) is 20.4 Å². The minimum atomic E-state index is -1.17. The molecule has 0 unspecified atom stereocenters. The second kappa shape index (κ2) is 16.2. The van der Waals surface area contributed by atoms with Gasteiger partial charge in [-0.05, 0) is 13.8 Å². The van der Waals surface area contributed by atoms with Crippen molar-refractivity contribution in [2.24, 2.45) is 0 Å². The van der Waals surface area contributed by atoms with Crippen molar-refractivity contribution in [1.29, 1.82) is 0 Å². The molecule has 0 heterocycles. The standard InChI is InChI=1S/2C2H6O2.2ClH/c2*1-2(3)4;;/h2*2-4H,1H3;2*1H. The van der Waals surface area contributed by atoms with E-state index in [9.17, 15) is 0 Å². The molecule has 0 saturated carbocycles. The Kier molecular flexibility index (Phi) is 36.4. The Morgan fingerprint density at radius 3 is 0.700 bits per heavy atom. The number of rotatable bonds is 0. The summed E-state index contributed by atoms with van der Waals surface area (Å²) in [5.74, 6) is 0.